The third-order valence-corrected chi connectivity index (χ3v) is 5.12. The summed E-state index contributed by atoms with van der Waals surface area (Å²) in [4.78, 5) is 17.0. The van der Waals surface area contributed by atoms with Crippen molar-refractivity contribution in [3.05, 3.63) is 81.1 Å². The van der Waals surface area contributed by atoms with Crippen LogP contribution < -0.4 is 10.1 Å². The van der Waals surface area contributed by atoms with E-state index in [2.05, 4.69) is 16.4 Å². The molecule has 0 aliphatic rings. The molecule has 29 heavy (non-hydrogen) atoms. The standard InChI is InChI=1S/C22H17Cl2N3O2/c1-13-18(11-25)17(15-4-6-16(29-2)7-5-15)10-21(27-13)22(28)26-12-14-3-8-19(23)20(24)9-14/h3-10H,12H2,1-2H3,(H,26,28). The second kappa shape index (κ2) is 8.95. The number of hydrogen-bond donors (Lipinski definition) is 1. The van der Waals surface area contributed by atoms with Gasteiger partial charge in [0, 0.05) is 12.1 Å². The molecule has 3 rings (SSSR count). The van der Waals surface area contributed by atoms with Gasteiger partial charge >= 0.3 is 0 Å². The molecule has 1 heterocycles. The number of rotatable bonds is 5. The molecule has 0 spiro atoms. The molecule has 0 unspecified atom stereocenters. The Balaban J connectivity index is 1.88. The molecule has 0 aliphatic heterocycles. The average molecular weight is 426 g/mol. The van der Waals surface area contributed by atoms with Gasteiger partial charge in [0.1, 0.15) is 17.5 Å². The number of ether oxygens (including phenoxy) is 1. The summed E-state index contributed by atoms with van der Waals surface area (Å²) in [5.41, 5.74) is 3.39. The average Bonchev–Trinajstić information content (AvgIpc) is 2.73. The second-order valence-corrected chi connectivity index (χ2v) is 7.10. The zero-order valence-electron chi connectivity index (χ0n) is 15.8. The van der Waals surface area contributed by atoms with Crippen LogP contribution in [0.2, 0.25) is 10.0 Å². The van der Waals surface area contributed by atoms with Gasteiger partial charge in [-0.3, -0.25) is 4.79 Å². The number of halogens is 2. The van der Waals surface area contributed by atoms with Gasteiger partial charge in [-0.2, -0.15) is 5.26 Å². The molecule has 0 fully saturated rings. The van der Waals surface area contributed by atoms with Gasteiger partial charge in [-0.05, 0) is 48.4 Å². The molecule has 7 heteroatoms. The van der Waals surface area contributed by atoms with E-state index in [0.29, 0.717) is 32.6 Å². The second-order valence-electron chi connectivity index (χ2n) is 6.29. The van der Waals surface area contributed by atoms with Crippen molar-refractivity contribution in [1.29, 1.82) is 5.26 Å². The van der Waals surface area contributed by atoms with Crippen LogP contribution in [-0.4, -0.2) is 18.0 Å². The number of nitrogens with one attached hydrogen (secondary N) is 1. The first-order valence-electron chi connectivity index (χ1n) is 8.71. The summed E-state index contributed by atoms with van der Waals surface area (Å²) < 4.78 is 5.18. The maximum absolute atomic E-state index is 12.7. The van der Waals surface area contributed by atoms with E-state index in [1.54, 1.807) is 50.4 Å². The lowest BCUT2D eigenvalue weighted by atomic mass is 9.98. The van der Waals surface area contributed by atoms with Crippen LogP contribution in [0, 0.1) is 18.3 Å². The van der Waals surface area contributed by atoms with Crippen LogP contribution in [-0.2, 0) is 6.54 Å². The van der Waals surface area contributed by atoms with E-state index in [0.717, 1.165) is 11.1 Å². The Hall–Kier alpha value is -3.07. The monoisotopic (exact) mass is 425 g/mol. The highest BCUT2D eigenvalue weighted by atomic mass is 35.5. The molecule has 1 amide bonds. The van der Waals surface area contributed by atoms with E-state index in [1.165, 1.54) is 0 Å². The Kier molecular flexibility index (Phi) is 6.38. The van der Waals surface area contributed by atoms with Crippen molar-refractivity contribution in [1.82, 2.24) is 10.3 Å². The van der Waals surface area contributed by atoms with Crippen molar-refractivity contribution in [2.75, 3.05) is 7.11 Å². The van der Waals surface area contributed by atoms with E-state index in [1.807, 2.05) is 12.1 Å². The predicted molar refractivity (Wildman–Crippen MR) is 113 cm³/mol. The van der Waals surface area contributed by atoms with Crippen LogP contribution in [0.25, 0.3) is 11.1 Å². The summed E-state index contributed by atoms with van der Waals surface area (Å²) in [6, 6.07) is 16.2. The fourth-order valence-electron chi connectivity index (χ4n) is 2.85. The number of carbonyl (C=O) groups is 1. The number of amides is 1. The van der Waals surface area contributed by atoms with Crippen LogP contribution in [0.3, 0.4) is 0 Å². The van der Waals surface area contributed by atoms with Crippen molar-refractivity contribution in [3.8, 4) is 22.9 Å². The lowest BCUT2D eigenvalue weighted by Gasteiger charge is -2.11. The van der Waals surface area contributed by atoms with E-state index in [9.17, 15) is 10.1 Å². The SMILES string of the molecule is COc1ccc(-c2cc(C(=O)NCc3ccc(Cl)c(Cl)c3)nc(C)c2C#N)cc1. The molecule has 0 radical (unpaired) electrons. The molecule has 0 saturated carbocycles. The lowest BCUT2D eigenvalue weighted by molar-refractivity contribution is 0.0945. The van der Waals surface area contributed by atoms with Crippen molar-refractivity contribution in [3.63, 3.8) is 0 Å². The molecule has 1 N–H and O–H groups in total. The minimum atomic E-state index is -0.349. The molecule has 1 aromatic heterocycles. The number of nitrogens with zero attached hydrogens (tertiary/aromatic N) is 2. The first-order valence-corrected chi connectivity index (χ1v) is 9.47. The highest BCUT2D eigenvalue weighted by Gasteiger charge is 2.16. The molecule has 2 aromatic carbocycles. The first-order chi connectivity index (χ1) is 13.9. The molecule has 146 valence electrons. The third kappa shape index (κ3) is 4.68. The van der Waals surface area contributed by atoms with Gasteiger partial charge in [0.2, 0.25) is 0 Å². The van der Waals surface area contributed by atoms with Crippen molar-refractivity contribution < 1.29 is 9.53 Å². The van der Waals surface area contributed by atoms with Crippen molar-refractivity contribution in [2.45, 2.75) is 13.5 Å². The minimum Gasteiger partial charge on any atom is -0.497 e. The molecule has 5 nitrogen and oxygen atoms in total. The van der Waals surface area contributed by atoms with Gasteiger partial charge in [-0.15, -0.1) is 0 Å². The maximum atomic E-state index is 12.7. The Labute approximate surface area is 178 Å². The Morgan fingerprint density at radius 3 is 2.48 bits per heavy atom. The number of aryl methyl sites for hydroxylation is 1. The highest BCUT2D eigenvalue weighted by Crippen LogP contribution is 2.28. The van der Waals surface area contributed by atoms with E-state index < -0.39 is 0 Å². The summed E-state index contributed by atoms with van der Waals surface area (Å²) in [5.74, 6) is 0.357. The first kappa shape index (κ1) is 20.7. The lowest BCUT2D eigenvalue weighted by Crippen LogP contribution is -2.24. The number of nitriles is 1. The van der Waals surface area contributed by atoms with Crippen LogP contribution in [0.4, 0.5) is 0 Å². The van der Waals surface area contributed by atoms with Gasteiger partial charge < -0.3 is 10.1 Å². The Morgan fingerprint density at radius 2 is 1.86 bits per heavy atom. The van der Waals surface area contributed by atoms with Gasteiger partial charge in [0.05, 0.1) is 28.4 Å². The Bertz CT molecular complexity index is 1110. The van der Waals surface area contributed by atoms with Crippen LogP contribution in [0.5, 0.6) is 5.75 Å². The molecule has 0 saturated heterocycles. The zero-order chi connectivity index (χ0) is 21.0. The quantitative estimate of drug-likeness (QED) is 0.611. The summed E-state index contributed by atoms with van der Waals surface area (Å²) >= 11 is 11.9. The van der Waals surface area contributed by atoms with Crippen LogP contribution in [0.15, 0.2) is 48.5 Å². The number of pyridine rings is 1. The molecular weight excluding hydrogens is 409 g/mol. The number of methoxy groups -OCH3 is 1. The number of carbonyl (C=O) groups excluding carboxylic acids is 1. The van der Waals surface area contributed by atoms with Crippen LogP contribution in [0.1, 0.15) is 27.3 Å². The van der Waals surface area contributed by atoms with Crippen molar-refractivity contribution >= 4 is 29.1 Å². The van der Waals surface area contributed by atoms with Gasteiger partial charge in [-0.25, -0.2) is 4.98 Å². The number of hydrogen-bond acceptors (Lipinski definition) is 4. The van der Waals surface area contributed by atoms with E-state index >= 15 is 0 Å². The van der Waals surface area contributed by atoms with E-state index in [-0.39, 0.29) is 18.1 Å². The number of benzene rings is 2. The van der Waals surface area contributed by atoms with E-state index in [4.69, 9.17) is 27.9 Å². The summed E-state index contributed by atoms with van der Waals surface area (Å²) in [5, 5.41) is 13.2. The normalized spacial score (nSPS) is 10.3. The Morgan fingerprint density at radius 1 is 1.14 bits per heavy atom. The molecule has 0 aliphatic carbocycles. The topological polar surface area (TPSA) is 75.0 Å². The highest BCUT2D eigenvalue weighted by molar-refractivity contribution is 6.42. The summed E-state index contributed by atoms with van der Waals surface area (Å²) in [7, 11) is 1.59. The predicted octanol–water partition coefficient (Wildman–Crippen LogP) is 5.17. The summed E-state index contributed by atoms with van der Waals surface area (Å²) in [6.45, 7) is 1.98. The van der Waals surface area contributed by atoms with Crippen molar-refractivity contribution in [2.24, 2.45) is 0 Å². The minimum absolute atomic E-state index is 0.229. The van der Waals surface area contributed by atoms with Crippen LogP contribution >= 0.6 is 23.2 Å². The number of aromatic nitrogens is 1. The molecule has 3 aromatic rings. The fraction of sp³-hybridized carbons (Fsp3) is 0.136. The van der Waals surface area contributed by atoms with Gasteiger partial charge in [0.15, 0.2) is 0 Å². The van der Waals surface area contributed by atoms with Gasteiger partial charge in [0.25, 0.3) is 5.91 Å². The molecule has 0 bridgehead atoms. The summed E-state index contributed by atoms with van der Waals surface area (Å²) in [6.07, 6.45) is 0. The molecular formula is C22H17Cl2N3O2. The smallest absolute Gasteiger partial charge is 0.270 e. The van der Waals surface area contributed by atoms with Gasteiger partial charge in [-0.1, -0.05) is 41.4 Å². The molecule has 0 atom stereocenters. The third-order valence-electron chi connectivity index (χ3n) is 4.38. The zero-order valence-corrected chi connectivity index (χ0v) is 17.3. The maximum Gasteiger partial charge on any atom is 0.270 e. The largest absolute Gasteiger partial charge is 0.497 e. The fourth-order valence-corrected chi connectivity index (χ4v) is 3.17.